The molecule has 1 aromatic rings. The van der Waals surface area contributed by atoms with E-state index in [1.165, 1.54) is 10.5 Å². The van der Waals surface area contributed by atoms with Crippen LogP contribution in [0.15, 0.2) is 24.3 Å². The molecule has 1 fully saturated rings. The van der Waals surface area contributed by atoms with E-state index in [1.54, 1.807) is 0 Å². The highest BCUT2D eigenvalue weighted by atomic mass is 32.1. The van der Waals surface area contributed by atoms with Gasteiger partial charge >= 0.3 is 0 Å². The van der Waals surface area contributed by atoms with Crippen LogP contribution in [0.1, 0.15) is 12.5 Å². The Morgan fingerprint density at radius 1 is 1.12 bits per heavy atom. The van der Waals surface area contributed by atoms with Crippen LogP contribution in [-0.2, 0) is 11.2 Å². The van der Waals surface area contributed by atoms with E-state index < -0.39 is 0 Å². The number of hydrogen-bond acceptors (Lipinski definition) is 3. The first-order chi connectivity index (χ1) is 11.7. The normalized spacial score (nSPS) is 14.7. The molecule has 0 unspecified atom stereocenters. The molecular weight excluding hydrogens is 342 g/mol. The van der Waals surface area contributed by atoms with E-state index >= 15 is 0 Å². The van der Waals surface area contributed by atoms with E-state index in [4.69, 9.17) is 29.2 Å². The Labute approximate surface area is 154 Å². The molecule has 1 aliphatic heterocycles. The van der Waals surface area contributed by atoms with Gasteiger partial charge in [0, 0.05) is 5.69 Å². The van der Waals surface area contributed by atoms with Crippen LogP contribution in [0.5, 0.6) is 0 Å². The molecule has 0 amide bonds. The number of nitrogens with one attached hydrogen (secondary N) is 5. The van der Waals surface area contributed by atoms with Crippen molar-refractivity contribution in [2.75, 3.05) is 44.7 Å². The molecule has 0 aliphatic carbocycles. The Morgan fingerprint density at radius 2 is 1.83 bits per heavy atom. The van der Waals surface area contributed by atoms with E-state index in [2.05, 4.69) is 34.5 Å². The average molecular weight is 369 g/mol. The molecule has 0 aromatic heterocycles. The smallest absolute Gasteiger partial charge is 0.189 e. The van der Waals surface area contributed by atoms with Crippen molar-refractivity contribution in [1.29, 1.82) is 0 Å². The van der Waals surface area contributed by atoms with Gasteiger partial charge in [0.15, 0.2) is 10.2 Å². The predicted octanol–water partition coefficient (Wildman–Crippen LogP) is -0.170. The van der Waals surface area contributed by atoms with Crippen LogP contribution in [-0.4, -0.2) is 49.6 Å². The number of ether oxygens (including phenoxy) is 1. The molecule has 6 nitrogen and oxygen atoms in total. The number of thiocarbonyl (C=S) groups is 2. The number of para-hydroxylation sites is 1. The molecule has 0 atom stereocenters. The molecule has 8 heteroatoms. The van der Waals surface area contributed by atoms with Gasteiger partial charge in [-0.3, -0.25) is 10.9 Å². The summed E-state index contributed by atoms with van der Waals surface area (Å²) >= 11 is 10.5. The lowest BCUT2D eigenvalue weighted by molar-refractivity contribution is -0.906. The average Bonchev–Trinajstić information content (AvgIpc) is 2.61. The van der Waals surface area contributed by atoms with Crippen molar-refractivity contribution >= 4 is 40.3 Å². The zero-order valence-corrected chi connectivity index (χ0v) is 15.6. The van der Waals surface area contributed by atoms with Gasteiger partial charge in [0.1, 0.15) is 13.1 Å². The molecule has 1 aliphatic rings. The summed E-state index contributed by atoms with van der Waals surface area (Å²) in [4.78, 5) is 1.54. The fraction of sp³-hybridized carbons (Fsp3) is 0.500. The second kappa shape index (κ2) is 10.4. The molecule has 2 rings (SSSR count). The second-order valence-corrected chi connectivity index (χ2v) is 6.40. The zero-order chi connectivity index (χ0) is 17.2. The first-order valence-electron chi connectivity index (χ1n) is 8.29. The number of morpholine rings is 1. The molecule has 0 bridgehead atoms. The zero-order valence-electron chi connectivity index (χ0n) is 14.0. The fourth-order valence-corrected chi connectivity index (χ4v) is 2.84. The van der Waals surface area contributed by atoms with Gasteiger partial charge in [-0.15, -0.1) is 0 Å². The van der Waals surface area contributed by atoms with Gasteiger partial charge in [0.25, 0.3) is 0 Å². The fourth-order valence-electron chi connectivity index (χ4n) is 2.52. The third kappa shape index (κ3) is 6.56. The summed E-state index contributed by atoms with van der Waals surface area (Å²) < 4.78 is 5.35. The van der Waals surface area contributed by atoms with Crippen LogP contribution in [0.4, 0.5) is 5.69 Å². The van der Waals surface area contributed by atoms with Gasteiger partial charge < -0.3 is 20.3 Å². The summed E-state index contributed by atoms with van der Waals surface area (Å²) in [6.45, 7) is 7.78. The molecule has 1 saturated heterocycles. The minimum atomic E-state index is 0.485. The maximum absolute atomic E-state index is 5.35. The van der Waals surface area contributed by atoms with Gasteiger partial charge in [-0.25, -0.2) is 0 Å². The standard InChI is InChI=1S/C16H25N5OS2/c1-2-13-5-3-4-6-14(13)18-16(24)20-19-15(23)17-7-8-21-9-11-22-12-10-21/h3-6H,2,7-12H2,1H3,(H2,17,19,23)(H2,18,20,24)/p+1. The Bertz CT molecular complexity index is 549. The van der Waals surface area contributed by atoms with Crippen molar-refractivity contribution in [1.82, 2.24) is 16.2 Å². The third-order valence-corrected chi connectivity index (χ3v) is 4.35. The SMILES string of the molecule is CCc1ccccc1NC(=S)NNC(=S)NCC[NH+]1CCOCC1. The van der Waals surface area contributed by atoms with Crippen LogP contribution in [0.2, 0.25) is 0 Å². The lowest BCUT2D eigenvalue weighted by Crippen LogP contribution is -3.14. The number of benzene rings is 1. The van der Waals surface area contributed by atoms with Gasteiger partial charge in [-0.1, -0.05) is 25.1 Å². The number of quaternary nitrogens is 1. The second-order valence-electron chi connectivity index (χ2n) is 5.58. The number of hydrazine groups is 1. The summed E-state index contributed by atoms with van der Waals surface area (Å²) in [6, 6.07) is 8.10. The van der Waals surface area contributed by atoms with E-state index in [1.807, 2.05) is 18.2 Å². The van der Waals surface area contributed by atoms with E-state index in [9.17, 15) is 0 Å². The van der Waals surface area contributed by atoms with E-state index in [0.717, 1.165) is 51.5 Å². The van der Waals surface area contributed by atoms with Crippen LogP contribution >= 0.6 is 24.4 Å². The maximum atomic E-state index is 5.35. The van der Waals surface area contributed by atoms with Gasteiger partial charge in [-0.2, -0.15) is 0 Å². The van der Waals surface area contributed by atoms with Crippen molar-refractivity contribution in [2.45, 2.75) is 13.3 Å². The largest absolute Gasteiger partial charge is 0.370 e. The molecule has 0 spiro atoms. The highest BCUT2D eigenvalue weighted by molar-refractivity contribution is 7.80. The molecule has 24 heavy (non-hydrogen) atoms. The Kier molecular flexibility index (Phi) is 8.17. The van der Waals surface area contributed by atoms with E-state index in [0.29, 0.717) is 10.2 Å². The van der Waals surface area contributed by atoms with Crippen LogP contribution in [0.3, 0.4) is 0 Å². The summed E-state index contributed by atoms with van der Waals surface area (Å²) in [7, 11) is 0. The molecule has 5 N–H and O–H groups in total. The lowest BCUT2D eigenvalue weighted by Gasteiger charge is -2.24. The van der Waals surface area contributed by atoms with Crippen LogP contribution in [0, 0.1) is 0 Å². The first-order valence-corrected chi connectivity index (χ1v) is 9.10. The van der Waals surface area contributed by atoms with Crippen molar-refractivity contribution in [3.05, 3.63) is 29.8 Å². The molecule has 0 radical (unpaired) electrons. The van der Waals surface area contributed by atoms with Crippen molar-refractivity contribution < 1.29 is 9.64 Å². The Balaban J connectivity index is 1.63. The highest BCUT2D eigenvalue weighted by Gasteiger charge is 2.12. The number of anilines is 1. The van der Waals surface area contributed by atoms with Gasteiger partial charge in [0.2, 0.25) is 0 Å². The minimum Gasteiger partial charge on any atom is -0.370 e. The van der Waals surface area contributed by atoms with E-state index in [-0.39, 0.29) is 0 Å². The molecular formula is C16H26N5OS2+. The summed E-state index contributed by atoms with van der Waals surface area (Å²) in [5.41, 5.74) is 8.05. The van der Waals surface area contributed by atoms with Crippen molar-refractivity contribution in [3.63, 3.8) is 0 Å². The summed E-state index contributed by atoms with van der Waals surface area (Å²) in [5.74, 6) is 0. The van der Waals surface area contributed by atoms with Gasteiger partial charge in [-0.05, 0) is 42.5 Å². The van der Waals surface area contributed by atoms with Crippen LogP contribution in [0.25, 0.3) is 0 Å². The first kappa shape index (κ1) is 18.9. The van der Waals surface area contributed by atoms with Gasteiger partial charge in [0.05, 0.1) is 26.3 Å². The number of hydrogen-bond donors (Lipinski definition) is 5. The Hall–Kier alpha value is -1.48. The molecule has 0 saturated carbocycles. The maximum Gasteiger partial charge on any atom is 0.189 e. The third-order valence-electron chi connectivity index (χ3n) is 3.90. The highest BCUT2D eigenvalue weighted by Crippen LogP contribution is 2.14. The Morgan fingerprint density at radius 3 is 2.58 bits per heavy atom. The minimum absolute atomic E-state index is 0.485. The topological polar surface area (TPSA) is 61.8 Å². The number of rotatable bonds is 5. The van der Waals surface area contributed by atoms with Crippen molar-refractivity contribution in [3.8, 4) is 0 Å². The predicted molar refractivity (Wildman–Crippen MR) is 105 cm³/mol. The summed E-state index contributed by atoms with van der Waals surface area (Å²) in [5, 5.41) is 7.38. The monoisotopic (exact) mass is 368 g/mol. The van der Waals surface area contributed by atoms with Crippen molar-refractivity contribution in [2.24, 2.45) is 0 Å². The summed E-state index contributed by atoms with van der Waals surface area (Å²) in [6.07, 6.45) is 0.947. The quantitative estimate of drug-likeness (QED) is 0.365. The number of aryl methyl sites for hydroxylation is 1. The lowest BCUT2D eigenvalue weighted by atomic mass is 10.1. The van der Waals surface area contributed by atoms with Crippen LogP contribution < -0.4 is 26.4 Å². The molecule has 132 valence electrons. The molecule has 1 heterocycles. The molecule has 1 aromatic carbocycles.